The predicted octanol–water partition coefficient (Wildman–Crippen LogP) is 5.38. The van der Waals surface area contributed by atoms with Crippen molar-refractivity contribution in [3.63, 3.8) is 0 Å². The van der Waals surface area contributed by atoms with Gasteiger partial charge in [-0.1, -0.05) is 90.5 Å². The molecule has 0 aliphatic carbocycles. The molecule has 0 saturated heterocycles. The average Bonchev–Trinajstić information content (AvgIpc) is 2.70. The Morgan fingerprint density at radius 1 is 0.815 bits per heavy atom. The summed E-state index contributed by atoms with van der Waals surface area (Å²) in [7, 11) is 0. The van der Waals surface area contributed by atoms with E-state index in [-0.39, 0.29) is 6.03 Å². The van der Waals surface area contributed by atoms with Crippen molar-refractivity contribution in [2.24, 2.45) is 0 Å². The van der Waals surface area contributed by atoms with E-state index in [0.717, 1.165) is 16.7 Å². The molecule has 0 saturated carbocycles. The Morgan fingerprint density at radius 2 is 1.33 bits per heavy atom. The summed E-state index contributed by atoms with van der Waals surface area (Å²) in [4.78, 5) is 14.6. The minimum Gasteiger partial charge on any atom is -0.316 e. The van der Waals surface area contributed by atoms with Gasteiger partial charge in [0.25, 0.3) is 0 Å². The van der Waals surface area contributed by atoms with E-state index in [1.54, 1.807) is 6.20 Å². The number of nitrogens with zero attached hydrogens (tertiary/aromatic N) is 1. The Bertz CT molecular complexity index is 830. The minimum atomic E-state index is -0.119. The lowest BCUT2D eigenvalue weighted by Crippen LogP contribution is -2.36. The summed E-state index contributed by atoms with van der Waals surface area (Å²) >= 11 is 0. The molecule has 1 N–H and O–H groups in total. The molecule has 27 heavy (non-hydrogen) atoms. The SMILES string of the molecule is Cc1ccc(/C=C/NC(=O)N(Cc2ccccc2)Cc2ccccc2)cc1. The highest BCUT2D eigenvalue weighted by molar-refractivity contribution is 5.76. The van der Waals surface area contributed by atoms with Gasteiger partial charge < -0.3 is 10.2 Å². The highest BCUT2D eigenvalue weighted by atomic mass is 16.2. The van der Waals surface area contributed by atoms with Gasteiger partial charge >= 0.3 is 6.03 Å². The molecule has 3 nitrogen and oxygen atoms in total. The Balaban J connectivity index is 1.68. The Morgan fingerprint density at radius 3 is 1.85 bits per heavy atom. The summed E-state index contributed by atoms with van der Waals surface area (Å²) in [6.07, 6.45) is 3.61. The highest BCUT2D eigenvalue weighted by Crippen LogP contribution is 2.11. The molecule has 0 aromatic heterocycles. The third kappa shape index (κ3) is 5.86. The zero-order chi connectivity index (χ0) is 18.9. The Kier molecular flexibility index (Phi) is 6.42. The second-order valence-corrected chi connectivity index (χ2v) is 6.52. The smallest absolute Gasteiger partial charge is 0.316 e. The number of amides is 2. The molecule has 0 heterocycles. The molecule has 136 valence electrons. The van der Waals surface area contributed by atoms with Gasteiger partial charge in [0.2, 0.25) is 0 Å². The second-order valence-electron chi connectivity index (χ2n) is 6.52. The fourth-order valence-corrected chi connectivity index (χ4v) is 2.79. The van der Waals surface area contributed by atoms with Gasteiger partial charge in [-0.3, -0.25) is 0 Å². The normalized spacial score (nSPS) is 10.7. The number of hydrogen-bond donors (Lipinski definition) is 1. The van der Waals surface area contributed by atoms with E-state index in [9.17, 15) is 4.79 Å². The maximum Gasteiger partial charge on any atom is 0.321 e. The average molecular weight is 356 g/mol. The molecular formula is C24H24N2O. The number of carbonyl (C=O) groups is 1. The molecule has 0 fully saturated rings. The van der Waals surface area contributed by atoms with Crippen LogP contribution in [0, 0.1) is 6.92 Å². The summed E-state index contributed by atoms with van der Waals surface area (Å²) in [5.41, 5.74) is 4.48. The van der Waals surface area contributed by atoms with Gasteiger partial charge in [0.05, 0.1) is 0 Å². The van der Waals surface area contributed by atoms with E-state index >= 15 is 0 Å². The summed E-state index contributed by atoms with van der Waals surface area (Å²) < 4.78 is 0. The second kappa shape index (κ2) is 9.39. The topological polar surface area (TPSA) is 32.3 Å². The molecule has 0 spiro atoms. The van der Waals surface area contributed by atoms with Gasteiger partial charge in [0.1, 0.15) is 0 Å². The lowest BCUT2D eigenvalue weighted by atomic mass is 10.1. The Hall–Kier alpha value is -3.33. The van der Waals surface area contributed by atoms with Crippen molar-refractivity contribution >= 4 is 12.1 Å². The summed E-state index contributed by atoms with van der Waals surface area (Å²) in [6.45, 7) is 3.17. The number of aryl methyl sites for hydroxylation is 1. The number of rotatable bonds is 6. The van der Waals surface area contributed by atoms with Crippen LogP contribution in [0.4, 0.5) is 4.79 Å². The van der Waals surface area contributed by atoms with Crippen molar-refractivity contribution in [1.29, 1.82) is 0 Å². The molecule has 0 bridgehead atoms. The number of benzene rings is 3. The quantitative estimate of drug-likeness (QED) is 0.632. The van der Waals surface area contributed by atoms with Gasteiger partial charge in [-0.25, -0.2) is 4.79 Å². The molecule has 0 aliphatic rings. The summed E-state index contributed by atoms with van der Waals surface area (Å²) in [5, 5.41) is 2.89. The van der Waals surface area contributed by atoms with Gasteiger partial charge in [-0.05, 0) is 29.7 Å². The van der Waals surface area contributed by atoms with E-state index in [1.165, 1.54) is 5.56 Å². The molecule has 3 aromatic rings. The van der Waals surface area contributed by atoms with E-state index in [1.807, 2.05) is 83.8 Å². The lowest BCUT2D eigenvalue weighted by Gasteiger charge is -2.22. The molecule has 3 heteroatoms. The highest BCUT2D eigenvalue weighted by Gasteiger charge is 2.13. The molecule has 3 aromatic carbocycles. The number of carbonyl (C=O) groups excluding carboxylic acids is 1. The van der Waals surface area contributed by atoms with Crippen LogP contribution >= 0.6 is 0 Å². The predicted molar refractivity (Wildman–Crippen MR) is 111 cm³/mol. The van der Waals surface area contributed by atoms with E-state index < -0.39 is 0 Å². The molecule has 0 atom stereocenters. The van der Waals surface area contributed by atoms with Gasteiger partial charge in [0, 0.05) is 19.3 Å². The van der Waals surface area contributed by atoms with Crippen molar-refractivity contribution in [1.82, 2.24) is 10.2 Å². The maximum atomic E-state index is 12.8. The van der Waals surface area contributed by atoms with Gasteiger partial charge in [-0.15, -0.1) is 0 Å². The zero-order valence-electron chi connectivity index (χ0n) is 15.5. The maximum absolute atomic E-state index is 12.8. The van der Waals surface area contributed by atoms with Crippen LogP contribution in [0.2, 0.25) is 0 Å². The third-order valence-electron chi connectivity index (χ3n) is 4.28. The zero-order valence-corrected chi connectivity index (χ0v) is 15.5. The van der Waals surface area contributed by atoms with Crippen molar-refractivity contribution in [2.75, 3.05) is 0 Å². The fraction of sp³-hybridized carbons (Fsp3) is 0.125. The first-order valence-corrected chi connectivity index (χ1v) is 9.07. The molecule has 3 rings (SSSR count). The van der Waals surface area contributed by atoms with Crippen molar-refractivity contribution in [3.8, 4) is 0 Å². The van der Waals surface area contributed by atoms with Crippen LogP contribution in [0.1, 0.15) is 22.3 Å². The van der Waals surface area contributed by atoms with E-state index in [2.05, 4.69) is 24.4 Å². The molecule has 0 aliphatic heterocycles. The fourth-order valence-electron chi connectivity index (χ4n) is 2.79. The molecular weight excluding hydrogens is 332 g/mol. The van der Waals surface area contributed by atoms with Crippen molar-refractivity contribution < 1.29 is 4.79 Å². The minimum absolute atomic E-state index is 0.119. The monoisotopic (exact) mass is 356 g/mol. The lowest BCUT2D eigenvalue weighted by molar-refractivity contribution is 0.196. The van der Waals surface area contributed by atoms with Crippen LogP contribution in [0.15, 0.2) is 91.1 Å². The number of urea groups is 1. The van der Waals surface area contributed by atoms with Crippen LogP contribution in [-0.4, -0.2) is 10.9 Å². The van der Waals surface area contributed by atoms with Gasteiger partial charge in [-0.2, -0.15) is 0 Å². The third-order valence-corrected chi connectivity index (χ3v) is 4.28. The largest absolute Gasteiger partial charge is 0.321 e. The van der Waals surface area contributed by atoms with Crippen LogP contribution in [0.25, 0.3) is 6.08 Å². The van der Waals surface area contributed by atoms with E-state index in [4.69, 9.17) is 0 Å². The van der Waals surface area contributed by atoms with Crippen LogP contribution < -0.4 is 5.32 Å². The first-order chi connectivity index (χ1) is 13.2. The summed E-state index contributed by atoms with van der Waals surface area (Å²) in [6, 6.07) is 28.1. The molecule has 2 amide bonds. The van der Waals surface area contributed by atoms with Gasteiger partial charge in [0.15, 0.2) is 0 Å². The van der Waals surface area contributed by atoms with Crippen molar-refractivity contribution in [2.45, 2.75) is 20.0 Å². The van der Waals surface area contributed by atoms with Crippen LogP contribution in [-0.2, 0) is 13.1 Å². The van der Waals surface area contributed by atoms with E-state index in [0.29, 0.717) is 13.1 Å². The number of nitrogens with one attached hydrogen (secondary N) is 1. The summed E-state index contributed by atoms with van der Waals surface area (Å²) in [5.74, 6) is 0. The first-order valence-electron chi connectivity index (χ1n) is 9.07. The standard InChI is InChI=1S/C24H24N2O/c1-20-12-14-21(15-13-20)16-17-25-24(27)26(18-22-8-4-2-5-9-22)19-23-10-6-3-7-11-23/h2-17H,18-19H2,1H3,(H,25,27)/b17-16+. The first kappa shape index (κ1) is 18.5. The van der Waals surface area contributed by atoms with Crippen molar-refractivity contribution in [3.05, 3.63) is 113 Å². The van der Waals surface area contributed by atoms with Crippen LogP contribution in [0.5, 0.6) is 0 Å². The molecule has 0 radical (unpaired) electrons. The van der Waals surface area contributed by atoms with Crippen LogP contribution in [0.3, 0.4) is 0 Å². The Labute approximate surface area is 161 Å². The molecule has 0 unspecified atom stereocenters. The number of hydrogen-bond acceptors (Lipinski definition) is 1.